The number of ether oxygens (including phenoxy) is 1. The average Bonchev–Trinajstić information content (AvgIpc) is 2.52. The molecule has 22 heavy (non-hydrogen) atoms. The van der Waals surface area contributed by atoms with Gasteiger partial charge in [0.1, 0.15) is 0 Å². The molecular weight excluding hydrogens is 304 g/mol. The molecular formula is C15H22N2O4S. The van der Waals surface area contributed by atoms with Crippen LogP contribution < -0.4 is 0 Å². The molecule has 0 bridgehead atoms. The summed E-state index contributed by atoms with van der Waals surface area (Å²) in [6.45, 7) is 2.26. The van der Waals surface area contributed by atoms with Crippen LogP contribution >= 0.6 is 0 Å². The maximum absolute atomic E-state index is 12.2. The lowest BCUT2D eigenvalue weighted by molar-refractivity contribution is -0.135. The summed E-state index contributed by atoms with van der Waals surface area (Å²) in [5.41, 5.74) is 1.05. The Labute approximate surface area is 131 Å². The van der Waals surface area contributed by atoms with Crippen LogP contribution in [0, 0.1) is 0 Å². The van der Waals surface area contributed by atoms with Crippen molar-refractivity contribution in [2.24, 2.45) is 0 Å². The quantitative estimate of drug-likeness (QED) is 0.756. The van der Waals surface area contributed by atoms with Crippen LogP contribution in [0.1, 0.15) is 5.56 Å². The summed E-state index contributed by atoms with van der Waals surface area (Å²) in [7, 11) is -3.41. The largest absolute Gasteiger partial charge is 0.378 e. The van der Waals surface area contributed by atoms with Crippen molar-refractivity contribution in [2.75, 3.05) is 45.6 Å². The second-order valence-corrected chi connectivity index (χ2v) is 7.31. The highest BCUT2D eigenvalue weighted by atomic mass is 32.2. The van der Waals surface area contributed by atoms with Crippen LogP contribution in [0.3, 0.4) is 0 Å². The van der Waals surface area contributed by atoms with Crippen molar-refractivity contribution in [3.63, 3.8) is 0 Å². The zero-order valence-electron chi connectivity index (χ0n) is 12.8. The van der Waals surface area contributed by atoms with E-state index in [9.17, 15) is 13.2 Å². The summed E-state index contributed by atoms with van der Waals surface area (Å²) >= 11 is 0. The number of benzene rings is 1. The van der Waals surface area contributed by atoms with Crippen molar-refractivity contribution in [3.05, 3.63) is 35.9 Å². The number of hydrogen-bond acceptors (Lipinski definition) is 4. The fourth-order valence-corrected chi connectivity index (χ4v) is 3.09. The van der Waals surface area contributed by atoms with Crippen LogP contribution in [0.25, 0.3) is 0 Å². The molecule has 0 spiro atoms. The molecule has 0 unspecified atom stereocenters. The van der Waals surface area contributed by atoms with Gasteiger partial charge >= 0.3 is 0 Å². The van der Waals surface area contributed by atoms with Gasteiger partial charge in [0.05, 0.1) is 26.0 Å². The lowest BCUT2D eigenvalue weighted by Gasteiger charge is -2.29. The second kappa shape index (κ2) is 7.71. The molecule has 1 aliphatic heterocycles. The van der Waals surface area contributed by atoms with Crippen LogP contribution in [-0.4, -0.2) is 69.2 Å². The Balaban J connectivity index is 1.96. The van der Waals surface area contributed by atoms with Crippen molar-refractivity contribution in [3.8, 4) is 0 Å². The first-order valence-electron chi connectivity index (χ1n) is 7.31. The molecule has 0 N–H and O–H groups in total. The first-order valence-corrected chi connectivity index (χ1v) is 9.16. The molecule has 1 aromatic rings. The molecule has 0 atom stereocenters. The van der Waals surface area contributed by atoms with Crippen molar-refractivity contribution < 1.29 is 17.9 Å². The van der Waals surface area contributed by atoms with Crippen molar-refractivity contribution in [2.45, 2.75) is 6.42 Å². The van der Waals surface area contributed by atoms with E-state index < -0.39 is 10.0 Å². The summed E-state index contributed by atoms with van der Waals surface area (Å²) in [6, 6.07) is 9.65. The molecule has 1 aliphatic rings. The van der Waals surface area contributed by atoms with E-state index in [2.05, 4.69) is 0 Å². The molecule has 0 aliphatic carbocycles. The molecule has 0 aromatic heterocycles. The summed E-state index contributed by atoms with van der Waals surface area (Å²) in [5, 5.41) is 0. The first-order chi connectivity index (χ1) is 10.5. The number of amides is 1. The molecule has 7 heteroatoms. The van der Waals surface area contributed by atoms with Crippen molar-refractivity contribution >= 4 is 15.9 Å². The number of sulfonamides is 1. The third kappa shape index (κ3) is 5.08. The first kappa shape index (κ1) is 16.9. The van der Waals surface area contributed by atoms with E-state index in [1.54, 1.807) is 4.90 Å². The second-order valence-electron chi connectivity index (χ2n) is 5.33. The van der Waals surface area contributed by atoms with Gasteiger partial charge in [0, 0.05) is 19.6 Å². The summed E-state index contributed by atoms with van der Waals surface area (Å²) in [4.78, 5) is 13.9. The van der Waals surface area contributed by atoms with E-state index in [4.69, 9.17) is 4.74 Å². The standard InChI is InChI=1S/C15H22N2O4S/c1-22(19,20)17(8-7-14-5-3-2-4-6-14)13-15(18)16-9-11-21-12-10-16/h2-6H,7-13H2,1H3. The molecule has 6 nitrogen and oxygen atoms in total. The topological polar surface area (TPSA) is 66.9 Å². The van der Waals surface area contributed by atoms with E-state index >= 15 is 0 Å². The Morgan fingerprint density at radius 3 is 2.45 bits per heavy atom. The zero-order valence-corrected chi connectivity index (χ0v) is 13.6. The Kier molecular flexibility index (Phi) is 5.93. The Hall–Kier alpha value is -1.44. The van der Waals surface area contributed by atoms with Gasteiger partial charge in [-0.3, -0.25) is 4.79 Å². The van der Waals surface area contributed by atoms with Crippen LogP contribution in [0.5, 0.6) is 0 Å². The minimum atomic E-state index is -3.41. The van der Waals surface area contributed by atoms with Gasteiger partial charge in [0.15, 0.2) is 0 Å². The molecule has 2 rings (SSSR count). The van der Waals surface area contributed by atoms with Gasteiger partial charge < -0.3 is 9.64 Å². The minimum Gasteiger partial charge on any atom is -0.378 e. The molecule has 1 fully saturated rings. The summed E-state index contributed by atoms with van der Waals surface area (Å²) < 4.78 is 30.3. The SMILES string of the molecule is CS(=O)(=O)N(CCc1ccccc1)CC(=O)N1CCOCC1. The van der Waals surface area contributed by atoms with Crippen molar-refractivity contribution in [1.29, 1.82) is 0 Å². The third-order valence-electron chi connectivity index (χ3n) is 3.64. The minimum absolute atomic E-state index is 0.105. The monoisotopic (exact) mass is 326 g/mol. The van der Waals surface area contributed by atoms with Gasteiger partial charge in [0.25, 0.3) is 0 Å². The van der Waals surface area contributed by atoms with E-state index in [-0.39, 0.29) is 12.5 Å². The zero-order chi connectivity index (χ0) is 16.0. The third-order valence-corrected chi connectivity index (χ3v) is 4.89. The van der Waals surface area contributed by atoms with E-state index in [1.165, 1.54) is 4.31 Å². The fourth-order valence-electron chi connectivity index (χ4n) is 2.32. The number of carbonyl (C=O) groups excluding carboxylic acids is 1. The highest BCUT2D eigenvalue weighted by Gasteiger charge is 2.24. The molecule has 1 saturated heterocycles. The summed E-state index contributed by atoms with van der Waals surface area (Å²) in [6.07, 6.45) is 1.73. The maximum atomic E-state index is 12.2. The highest BCUT2D eigenvalue weighted by molar-refractivity contribution is 7.88. The molecule has 122 valence electrons. The normalized spacial score (nSPS) is 16.0. The average molecular weight is 326 g/mol. The lowest BCUT2D eigenvalue weighted by atomic mass is 10.1. The summed E-state index contributed by atoms with van der Waals surface area (Å²) in [5.74, 6) is -0.165. The van der Waals surface area contributed by atoms with E-state index in [0.29, 0.717) is 39.3 Å². The molecule has 1 heterocycles. The fraction of sp³-hybridized carbons (Fsp3) is 0.533. The number of nitrogens with zero attached hydrogens (tertiary/aromatic N) is 2. The molecule has 0 saturated carbocycles. The number of morpholine rings is 1. The Bertz CT molecular complexity index is 583. The molecule has 1 aromatic carbocycles. The van der Waals surface area contributed by atoms with Crippen LogP contribution in [0.2, 0.25) is 0 Å². The predicted molar refractivity (Wildman–Crippen MR) is 84.0 cm³/mol. The van der Waals surface area contributed by atoms with E-state index in [1.807, 2.05) is 30.3 Å². The van der Waals surface area contributed by atoms with Gasteiger partial charge in [-0.05, 0) is 12.0 Å². The van der Waals surface area contributed by atoms with Gasteiger partial charge in [-0.1, -0.05) is 30.3 Å². The number of carbonyl (C=O) groups is 1. The molecule has 0 radical (unpaired) electrons. The van der Waals surface area contributed by atoms with Gasteiger partial charge in [-0.15, -0.1) is 0 Å². The Morgan fingerprint density at radius 2 is 1.86 bits per heavy atom. The number of hydrogen-bond donors (Lipinski definition) is 0. The van der Waals surface area contributed by atoms with Gasteiger partial charge in [0.2, 0.25) is 15.9 Å². The Morgan fingerprint density at radius 1 is 1.23 bits per heavy atom. The van der Waals surface area contributed by atoms with E-state index in [0.717, 1.165) is 11.8 Å². The van der Waals surface area contributed by atoms with Gasteiger partial charge in [-0.2, -0.15) is 4.31 Å². The van der Waals surface area contributed by atoms with Crippen LogP contribution in [-0.2, 0) is 26.0 Å². The smallest absolute Gasteiger partial charge is 0.238 e. The number of rotatable bonds is 6. The molecule has 1 amide bonds. The lowest BCUT2D eigenvalue weighted by Crippen LogP contribution is -2.47. The highest BCUT2D eigenvalue weighted by Crippen LogP contribution is 2.07. The van der Waals surface area contributed by atoms with Crippen LogP contribution in [0.4, 0.5) is 0 Å². The predicted octanol–water partition coefficient (Wildman–Crippen LogP) is 0.349. The van der Waals surface area contributed by atoms with Crippen LogP contribution in [0.15, 0.2) is 30.3 Å². The maximum Gasteiger partial charge on any atom is 0.238 e. The van der Waals surface area contributed by atoms with Gasteiger partial charge in [-0.25, -0.2) is 8.42 Å². The van der Waals surface area contributed by atoms with Crippen molar-refractivity contribution in [1.82, 2.24) is 9.21 Å².